The third-order valence-corrected chi connectivity index (χ3v) is 6.62. The summed E-state index contributed by atoms with van der Waals surface area (Å²) in [7, 11) is -0.746. The zero-order chi connectivity index (χ0) is 18.2. The molecule has 2 N–H and O–H groups in total. The van der Waals surface area contributed by atoms with Gasteiger partial charge in [0.05, 0.1) is 6.54 Å². The van der Waals surface area contributed by atoms with E-state index < -0.39 is 10.8 Å². The number of hydrogen-bond donors (Lipinski definition) is 2. The maximum Gasteiger partial charge on any atom is 0.191 e. The van der Waals surface area contributed by atoms with Crippen LogP contribution in [0.4, 0.5) is 4.39 Å². The standard InChI is InChI=1S/C18H27BrFN3OS.HI/c1-3-21-18(22-12-13-8-9-14(19)10-17(13)20)23-15-6-5-7-16(11-15)25(24)4-2;/h8-10,15-16H,3-7,11-12H2,1-2H3,(H2,21,22,23);1H. The maximum absolute atomic E-state index is 14.0. The molecule has 0 aromatic heterocycles. The van der Waals surface area contributed by atoms with Gasteiger partial charge in [-0.1, -0.05) is 35.3 Å². The first-order chi connectivity index (χ1) is 12.0. The Bertz CT molecular complexity index is 632. The van der Waals surface area contributed by atoms with E-state index in [9.17, 15) is 8.60 Å². The van der Waals surface area contributed by atoms with Crippen molar-refractivity contribution in [2.75, 3.05) is 12.3 Å². The molecule has 148 valence electrons. The molecule has 0 saturated heterocycles. The van der Waals surface area contributed by atoms with Crippen molar-refractivity contribution in [1.29, 1.82) is 0 Å². The Morgan fingerprint density at radius 1 is 1.38 bits per heavy atom. The summed E-state index contributed by atoms with van der Waals surface area (Å²) in [5.74, 6) is 1.15. The first-order valence-corrected chi connectivity index (χ1v) is 11.1. The van der Waals surface area contributed by atoms with Crippen molar-refractivity contribution in [1.82, 2.24) is 10.6 Å². The van der Waals surface area contributed by atoms with E-state index in [1.165, 1.54) is 6.07 Å². The second-order valence-corrected chi connectivity index (χ2v) is 9.15. The lowest BCUT2D eigenvalue weighted by molar-refractivity contribution is 0.413. The molecule has 0 spiro atoms. The van der Waals surface area contributed by atoms with Crippen LogP contribution in [-0.2, 0) is 17.3 Å². The molecule has 1 aromatic carbocycles. The molecule has 1 saturated carbocycles. The van der Waals surface area contributed by atoms with Crippen LogP contribution < -0.4 is 10.6 Å². The van der Waals surface area contributed by atoms with Crippen molar-refractivity contribution in [3.63, 3.8) is 0 Å². The molecule has 1 aromatic rings. The second-order valence-electron chi connectivity index (χ2n) is 6.23. The van der Waals surface area contributed by atoms with Gasteiger partial charge >= 0.3 is 0 Å². The molecule has 0 aliphatic heterocycles. The van der Waals surface area contributed by atoms with E-state index >= 15 is 0 Å². The van der Waals surface area contributed by atoms with Crippen LogP contribution in [0.2, 0.25) is 0 Å². The van der Waals surface area contributed by atoms with Crippen LogP contribution in [0.3, 0.4) is 0 Å². The van der Waals surface area contributed by atoms with Crippen LogP contribution in [0.1, 0.15) is 45.1 Å². The normalized spacial score (nSPS) is 21.6. The third-order valence-electron chi connectivity index (χ3n) is 4.39. The summed E-state index contributed by atoms with van der Waals surface area (Å²) < 4.78 is 26.8. The predicted molar refractivity (Wildman–Crippen MR) is 122 cm³/mol. The molecular weight excluding hydrogens is 532 g/mol. The Morgan fingerprint density at radius 3 is 2.81 bits per heavy atom. The first-order valence-electron chi connectivity index (χ1n) is 8.89. The van der Waals surface area contributed by atoms with Gasteiger partial charge in [0.2, 0.25) is 0 Å². The van der Waals surface area contributed by atoms with Crippen LogP contribution in [-0.4, -0.2) is 33.8 Å². The summed E-state index contributed by atoms with van der Waals surface area (Å²) >= 11 is 3.26. The molecule has 26 heavy (non-hydrogen) atoms. The van der Waals surface area contributed by atoms with Crippen molar-refractivity contribution in [3.8, 4) is 0 Å². The van der Waals surface area contributed by atoms with Gasteiger partial charge in [0, 0.05) is 44.4 Å². The minimum absolute atomic E-state index is 0. The van der Waals surface area contributed by atoms with E-state index in [0.29, 0.717) is 17.3 Å². The lowest BCUT2D eigenvalue weighted by Gasteiger charge is -2.30. The van der Waals surface area contributed by atoms with E-state index in [1.54, 1.807) is 6.07 Å². The van der Waals surface area contributed by atoms with Gasteiger partial charge < -0.3 is 10.6 Å². The van der Waals surface area contributed by atoms with Crippen molar-refractivity contribution in [3.05, 3.63) is 34.1 Å². The topological polar surface area (TPSA) is 53.5 Å². The Hall–Kier alpha value is -0.220. The zero-order valence-electron chi connectivity index (χ0n) is 15.3. The number of hydrogen-bond acceptors (Lipinski definition) is 2. The largest absolute Gasteiger partial charge is 0.357 e. The van der Waals surface area contributed by atoms with E-state index in [2.05, 4.69) is 31.6 Å². The van der Waals surface area contributed by atoms with Crippen LogP contribution in [0, 0.1) is 5.82 Å². The van der Waals surface area contributed by atoms with Crippen molar-refractivity contribution >= 4 is 56.7 Å². The summed E-state index contributed by atoms with van der Waals surface area (Å²) in [5, 5.41) is 6.93. The number of halogens is 3. The molecule has 1 aliphatic carbocycles. The van der Waals surface area contributed by atoms with Gasteiger partial charge in [-0.2, -0.15) is 0 Å². The lowest BCUT2D eigenvalue weighted by Crippen LogP contribution is -2.46. The Kier molecular flexibility index (Phi) is 11.2. The highest BCUT2D eigenvalue weighted by atomic mass is 127. The molecule has 2 rings (SSSR count). The predicted octanol–water partition coefficient (Wildman–Crippen LogP) is 4.34. The van der Waals surface area contributed by atoms with Gasteiger partial charge in [-0.15, -0.1) is 24.0 Å². The fraction of sp³-hybridized carbons (Fsp3) is 0.611. The fourth-order valence-corrected chi connectivity index (χ4v) is 4.76. The minimum Gasteiger partial charge on any atom is -0.357 e. The summed E-state index contributed by atoms with van der Waals surface area (Å²) in [6.07, 6.45) is 4.07. The summed E-state index contributed by atoms with van der Waals surface area (Å²) in [4.78, 5) is 4.52. The van der Waals surface area contributed by atoms with Gasteiger partial charge in [-0.05, 0) is 38.3 Å². The van der Waals surface area contributed by atoms with E-state index in [0.717, 1.165) is 36.7 Å². The highest BCUT2D eigenvalue weighted by molar-refractivity contribution is 14.0. The lowest BCUT2D eigenvalue weighted by atomic mass is 9.95. The Balaban J connectivity index is 0.00000338. The molecule has 1 fully saturated rings. The smallest absolute Gasteiger partial charge is 0.191 e. The van der Waals surface area contributed by atoms with E-state index in [1.807, 2.05) is 19.9 Å². The fourth-order valence-electron chi connectivity index (χ4n) is 3.08. The maximum atomic E-state index is 14.0. The summed E-state index contributed by atoms with van der Waals surface area (Å²) in [6, 6.07) is 5.28. The highest BCUT2D eigenvalue weighted by Gasteiger charge is 2.26. The number of benzene rings is 1. The highest BCUT2D eigenvalue weighted by Crippen LogP contribution is 2.23. The summed E-state index contributed by atoms with van der Waals surface area (Å²) in [5.41, 5.74) is 0.564. The molecule has 3 unspecified atom stereocenters. The van der Waals surface area contributed by atoms with E-state index in [4.69, 9.17) is 0 Å². The molecular formula is C18H28BrFIN3OS. The summed E-state index contributed by atoms with van der Waals surface area (Å²) in [6.45, 7) is 5.01. The van der Waals surface area contributed by atoms with E-state index in [-0.39, 0.29) is 47.6 Å². The number of nitrogens with zero attached hydrogens (tertiary/aromatic N) is 1. The molecule has 0 amide bonds. The first kappa shape index (κ1) is 23.8. The monoisotopic (exact) mass is 559 g/mol. The van der Waals surface area contributed by atoms with Gasteiger partial charge in [0.25, 0.3) is 0 Å². The van der Waals surface area contributed by atoms with Crippen molar-refractivity contribution in [2.24, 2.45) is 4.99 Å². The molecule has 1 aliphatic rings. The Morgan fingerprint density at radius 2 is 2.15 bits per heavy atom. The van der Waals surface area contributed by atoms with Gasteiger partial charge in [0.1, 0.15) is 5.82 Å². The number of guanidine groups is 1. The van der Waals surface area contributed by atoms with Crippen molar-refractivity contribution < 1.29 is 8.60 Å². The van der Waals surface area contributed by atoms with Gasteiger partial charge in [-0.25, -0.2) is 9.38 Å². The molecule has 3 atom stereocenters. The quantitative estimate of drug-likeness (QED) is 0.310. The number of aliphatic imine (C=N–C) groups is 1. The van der Waals surface area contributed by atoms with Crippen LogP contribution in [0.15, 0.2) is 27.7 Å². The number of rotatable bonds is 6. The SMILES string of the molecule is CCNC(=NCc1ccc(Br)cc1F)NC1CCCC(S(=O)CC)C1.I. The van der Waals surface area contributed by atoms with Gasteiger partial charge in [-0.3, -0.25) is 4.21 Å². The van der Waals surface area contributed by atoms with Crippen LogP contribution >= 0.6 is 39.9 Å². The second kappa shape index (κ2) is 12.3. The third kappa shape index (κ3) is 7.42. The molecule has 8 heteroatoms. The van der Waals surface area contributed by atoms with Crippen LogP contribution in [0.25, 0.3) is 0 Å². The minimum atomic E-state index is -0.746. The molecule has 4 nitrogen and oxygen atoms in total. The number of nitrogens with one attached hydrogen (secondary N) is 2. The average Bonchev–Trinajstić information content (AvgIpc) is 2.60. The van der Waals surface area contributed by atoms with Gasteiger partial charge in [0.15, 0.2) is 5.96 Å². The molecule has 0 radical (unpaired) electrons. The molecule has 0 bridgehead atoms. The Labute approximate surface area is 183 Å². The van der Waals surface area contributed by atoms with Crippen LogP contribution in [0.5, 0.6) is 0 Å². The van der Waals surface area contributed by atoms with Crippen molar-refractivity contribution in [2.45, 2.75) is 57.4 Å². The average molecular weight is 560 g/mol. The molecule has 0 heterocycles. The zero-order valence-corrected chi connectivity index (χ0v) is 20.0.